The minimum atomic E-state index is -0.713. The van der Waals surface area contributed by atoms with Crippen molar-refractivity contribution in [3.63, 3.8) is 0 Å². The summed E-state index contributed by atoms with van der Waals surface area (Å²) in [7, 11) is 0. The molecule has 0 amide bonds. The molecule has 0 bridgehead atoms. The molecule has 0 aromatic rings. The van der Waals surface area contributed by atoms with Crippen LogP contribution in [0.25, 0.3) is 0 Å². The summed E-state index contributed by atoms with van der Waals surface area (Å²) in [6.07, 6.45) is 18.8. The zero-order valence-electron chi connectivity index (χ0n) is 91.7. The van der Waals surface area contributed by atoms with Gasteiger partial charge in [0, 0.05) is 38.9 Å². The van der Waals surface area contributed by atoms with Gasteiger partial charge in [-0.05, 0) is 237 Å². The number of aliphatic hydroxyl groups is 5. The van der Waals surface area contributed by atoms with Crippen molar-refractivity contribution in [2.24, 2.45) is 124 Å². The van der Waals surface area contributed by atoms with E-state index in [1.54, 1.807) is 13.8 Å². The molecule has 13 nitrogen and oxygen atoms in total. The fraction of sp³-hybridized carbons (Fsp3) is 0.896. The molecule has 0 aromatic heterocycles. The van der Waals surface area contributed by atoms with Crippen LogP contribution in [0.15, 0.2) is 38.0 Å². The Morgan fingerprint density at radius 3 is 0.706 bits per heavy atom. The lowest BCUT2D eigenvalue weighted by Gasteiger charge is -2.21. The number of aliphatic carboxylic acids is 3. The van der Waals surface area contributed by atoms with Gasteiger partial charge < -0.3 is 40.9 Å². The molecule has 0 spiro atoms. The third-order valence-corrected chi connectivity index (χ3v) is 11.2. The molecule has 0 fully saturated rings. The number of rotatable bonds is 27. The molecule has 0 aromatic carbocycles. The van der Waals surface area contributed by atoms with Crippen molar-refractivity contribution in [3.8, 4) is 12.1 Å². The van der Waals surface area contributed by atoms with Gasteiger partial charge >= 0.3 is 17.9 Å². The minimum Gasteiger partial charge on any atom is -0.481 e. The van der Waals surface area contributed by atoms with Gasteiger partial charge in [0.05, 0.1) is 34.9 Å². The van der Waals surface area contributed by atoms with Gasteiger partial charge in [0.2, 0.25) is 0 Å². The van der Waals surface area contributed by atoms with Crippen LogP contribution in [0, 0.1) is 146 Å². The number of allylic oxidation sites excluding steroid dienone is 3. The monoisotopic (exact) mass is 1710 g/mol. The van der Waals surface area contributed by atoms with Crippen molar-refractivity contribution < 1.29 is 55.2 Å². The minimum absolute atomic E-state index is 0.125. The maximum Gasteiger partial charge on any atom is 0.309 e. The van der Waals surface area contributed by atoms with E-state index < -0.39 is 34.5 Å². The maximum atomic E-state index is 10.6. The highest BCUT2D eigenvalue weighted by molar-refractivity contribution is 5.73. The lowest BCUT2D eigenvalue weighted by atomic mass is 9.84. The van der Waals surface area contributed by atoms with E-state index >= 15 is 0 Å². The number of nitriles is 2. The molecule has 0 heterocycles. The number of nitrogens with zero attached hydrogens (tertiary/aromatic N) is 2. The Morgan fingerprint density at radius 2 is 0.647 bits per heavy atom. The second-order valence-electron chi connectivity index (χ2n) is 42.6. The van der Waals surface area contributed by atoms with E-state index in [0.29, 0.717) is 79.3 Å². The first-order valence-corrected chi connectivity index (χ1v) is 46.7. The van der Waals surface area contributed by atoms with Crippen LogP contribution >= 0.6 is 0 Å². The topological polar surface area (TPSA) is 261 Å². The predicted molar refractivity (Wildman–Crippen MR) is 543 cm³/mol. The third-order valence-electron chi connectivity index (χ3n) is 11.2. The Morgan fingerprint density at radius 1 is 0.370 bits per heavy atom. The van der Waals surface area contributed by atoms with Gasteiger partial charge in [-0.25, -0.2) is 0 Å². The molecule has 1 atom stereocenters. The lowest BCUT2D eigenvalue weighted by Crippen LogP contribution is -2.25. The summed E-state index contributed by atoms with van der Waals surface area (Å²) in [4.78, 5) is 30.3. The van der Waals surface area contributed by atoms with Crippen LogP contribution in [0.4, 0.5) is 0 Å². The van der Waals surface area contributed by atoms with E-state index in [4.69, 9.17) is 46.3 Å². The highest BCUT2D eigenvalue weighted by Crippen LogP contribution is 2.25. The molecule has 0 saturated heterocycles. The summed E-state index contributed by atoms with van der Waals surface area (Å²) >= 11 is 0. The van der Waals surface area contributed by atoms with Gasteiger partial charge in [-0.1, -0.05) is 344 Å². The van der Waals surface area contributed by atoms with Crippen LogP contribution in [-0.4, -0.2) is 89.3 Å². The largest absolute Gasteiger partial charge is 0.481 e. The second kappa shape index (κ2) is 125. The molecule has 8 N–H and O–H groups in total. The molecule has 0 aliphatic heterocycles. The zero-order chi connectivity index (χ0) is 101. The van der Waals surface area contributed by atoms with Crippen LogP contribution in [0.1, 0.15) is 470 Å². The van der Waals surface area contributed by atoms with Gasteiger partial charge in [0.15, 0.2) is 0 Å². The van der Waals surface area contributed by atoms with Gasteiger partial charge in [0.25, 0.3) is 0 Å². The Kier molecular flexibility index (Phi) is 175. The SMILES string of the molecule is C=CC(C)C.C=CCC(C)C.C=CCCC(C)C.CC(C)C.CC(C)C.CC(C)C.CC(C)C.CC(C)C.CC(C)C.CC(C)C.CC(C)C(C)(C)O.CC(C)CC(=O)O.CC(C)CC(C)(C)C(=O)O.CC(C)CC(C)(C)O.CC(C)CC(C)O.CC(C)CCC#N.CC(C)CCC(=O)O.CC(C)CCCC#N.CC(C)CCO.CC(C)CO. The third kappa shape index (κ3) is 488. The van der Waals surface area contributed by atoms with Crippen LogP contribution < -0.4 is 0 Å². The van der Waals surface area contributed by atoms with Crippen LogP contribution in [-0.2, 0) is 14.4 Å². The van der Waals surface area contributed by atoms with Crippen molar-refractivity contribution in [3.05, 3.63) is 38.0 Å². The van der Waals surface area contributed by atoms with Gasteiger partial charge in [0.1, 0.15) is 0 Å². The number of aliphatic hydroxyl groups excluding tert-OH is 3. The number of carboxylic acids is 3. The van der Waals surface area contributed by atoms with Gasteiger partial charge in [-0.3, -0.25) is 14.4 Å². The van der Waals surface area contributed by atoms with Crippen LogP contribution in [0.3, 0.4) is 0 Å². The first kappa shape index (κ1) is 166. The summed E-state index contributed by atoms with van der Waals surface area (Å²) in [5, 5.41) is 84.5. The average Bonchev–Trinajstić information content (AvgIpc) is 0.897. The number of carboxylic acid groups (broad SMARTS) is 3. The Hall–Kier alpha value is -3.59. The Bertz CT molecular complexity index is 1830. The zero-order valence-corrected chi connectivity index (χ0v) is 91.7. The van der Waals surface area contributed by atoms with E-state index in [2.05, 4.69) is 288 Å². The molecule has 119 heavy (non-hydrogen) atoms. The van der Waals surface area contributed by atoms with Gasteiger partial charge in [-0.15, -0.1) is 19.7 Å². The first-order chi connectivity index (χ1) is 53.1. The Balaban J connectivity index is -0.0000000484. The number of unbranched alkanes of at least 4 members (excludes halogenated alkanes) is 1. The second-order valence-corrected chi connectivity index (χ2v) is 42.6. The molecule has 0 aliphatic rings. The van der Waals surface area contributed by atoms with Gasteiger partial charge in [-0.2, -0.15) is 10.5 Å². The van der Waals surface area contributed by atoms with E-state index in [-0.39, 0.29) is 18.4 Å². The van der Waals surface area contributed by atoms with E-state index in [0.717, 1.165) is 123 Å². The van der Waals surface area contributed by atoms with E-state index in [9.17, 15) is 19.5 Å². The average molecular weight is 1710 g/mol. The number of carbonyl (C=O) groups is 3. The smallest absolute Gasteiger partial charge is 0.309 e. The molecule has 0 saturated carbocycles. The summed E-state index contributed by atoms with van der Waals surface area (Å²) in [6, 6.07) is 4.22. The fourth-order valence-electron chi connectivity index (χ4n) is 5.54. The van der Waals surface area contributed by atoms with Crippen LogP contribution in [0.5, 0.6) is 0 Å². The molecule has 1 unspecified atom stereocenters. The Labute approximate surface area is 754 Å². The summed E-state index contributed by atoms with van der Waals surface area (Å²) in [5.74, 6) is 11.3. The molecular formula is C106H234N2O11. The van der Waals surface area contributed by atoms with Crippen molar-refractivity contribution >= 4 is 17.9 Å². The summed E-state index contributed by atoms with van der Waals surface area (Å²) in [6.45, 7) is 124. The molecule has 734 valence electrons. The fourth-order valence-corrected chi connectivity index (χ4v) is 5.54. The number of hydrogen-bond donors (Lipinski definition) is 8. The molecule has 0 radical (unpaired) electrons. The lowest BCUT2D eigenvalue weighted by molar-refractivity contribution is -0.147. The highest BCUT2D eigenvalue weighted by atomic mass is 16.4. The summed E-state index contributed by atoms with van der Waals surface area (Å²) in [5.41, 5.74) is -1.54. The van der Waals surface area contributed by atoms with E-state index in [1.807, 2.05) is 122 Å². The molecular weight excluding hydrogens is 1480 g/mol. The van der Waals surface area contributed by atoms with Crippen molar-refractivity contribution in [1.29, 1.82) is 10.5 Å². The maximum absolute atomic E-state index is 10.6. The first-order valence-electron chi connectivity index (χ1n) is 46.7. The highest BCUT2D eigenvalue weighted by Gasteiger charge is 2.27. The molecule has 13 heteroatoms. The number of hydrogen-bond acceptors (Lipinski definition) is 10. The van der Waals surface area contributed by atoms with Crippen molar-refractivity contribution in [2.45, 2.75) is 488 Å². The summed E-state index contributed by atoms with van der Waals surface area (Å²) < 4.78 is 0. The van der Waals surface area contributed by atoms with Crippen LogP contribution in [0.2, 0.25) is 0 Å². The van der Waals surface area contributed by atoms with Crippen molar-refractivity contribution in [1.82, 2.24) is 0 Å². The van der Waals surface area contributed by atoms with E-state index in [1.165, 1.54) is 12.8 Å². The standard InChI is InChI=1S/C8H16O2.C7H13N.C7H16O.C7H14.C6H11N.C6H12O2.2C6H14O.C6H12.C5H10O2.C5H12O.C5H10.C4H10O.7C4H10/c1-6(2)5-8(3,4)7(9)10;1-7(2)5-3-4-6-8;1-6(2)5-7(3,4)8;1-4-5-6-7(2)3;1-6(2)4-3-5-7;1-5(2)3-4-6(7)8;1-5(2)6(3,4)7;1-5(2)4-6(3)7;1-4-5-6(2)3;1-4(2)3-5(6)7;1-5(2)3-4-6;1-4-5(2)3;1-4(2)3-5;7*1-4(2)3/h6H,5H2,1-4H3,(H,9,10);7H,3-5H2,1-2H3;6,8H,5H2,1-4H3;4,7H,1,5-6H2,2-3H3;6H,3-4H2,1-2H3;5H,3-4H2,1-2H3,(H,7,8);5,7H,1-4H3;5-7H,4H2,1-3H3;4,6H,1,5H2,2-3H3;4H,3H2,1-2H3,(H,6,7);5-6H,3-4H2,1-2H3;4-5H,1H2,2-3H3;4-5H,3H2,1-2H3;7*4H,1-3H3. The van der Waals surface area contributed by atoms with Crippen molar-refractivity contribution in [2.75, 3.05) is 13.2 Å². The normalized spacial score (nSPS) is 10.3. The molecule has 0 aliphatic carbocycles. The predicted octanol–water partition coefficient (Wildman–Crippen LogP) is 33.6. The quantitative estimate of drug-likeness (QED) is 0.0281. The molecule has 0 rings (SSSR count).